The Bertz CT molecular complexity index is 515. The van der Waals surface area contributed by atoms with E-state index in [1.54, 1.807) is 0 Å². The highest BCUT2D eigenvalue weighted by molar-refractivity contribution is 5.89. The van der Waals surface area contributed by atoms with Crippen molar-refractivity contribution in [1.29, 1.82) is 0 Å². The van der Waals surface area contributed by atoms with Gasteiger partial charge < -0.3 is 10.8 Å². The van der Waals surface area contributed by atoms with E-state index in [0.29, 0.717) is 0 Å². The molecule has 7 heteroatoms. The average molecular weight is 222 g/mol. The zero-order chi connectivity index (χ0) is 11.7. The minimum Gasteiger partial charge on any atom is -0.478 e. The SMILES string of the molecule is Nc1cc(C(=O)O)cc(F)c1-n1cncn1. The quantitative estimate of drug-likeness (QED) is 0.729. The molecule has 0 atom stereocenters. The van der Waals surface area contributed by atoms with Gasteiger partial charge in [-0.3, -0.25) is 0 Å². The van der Waals surface area contributed by atoms with E-state index in [4.69, 9.17) is 10.8 Å². The zero-order valence-electron chi connectivity index (χ0n) is 7.96. The number of hydrogen-bond donors (Lipinski definition) is 2. The maximum absolute atomic E-state index is 13.6. The van der Waals surface area contributed by atoms with Crippen molar-refractivity contribution in [2.75, 3.05) is 5.73 Å². The van der Waals surface area contributed by atoms with Crippen molar-refractivity contribution in [2.45, 2.75) is 0 Å². The van der Waals surface area contributed by atoms with Crippen LogP contribution in [0.4, 0.5) is 10.1 Å². The Kier molecular flexibility index (Phi) is 2.28. The van der Waals surface area contributed by atoms with Crippen molar-refractivity contribution in [1.82, 2.24) is 14.8 Å². The predicted octanol–water partition coefficient (Wildman–Crippen LogP) is 0.687. The normalized spacial score (nSPS) is 10.3. The lowest BCUT2D eigenvalue weighted by Crippen LogP contribution is -2.07. The Morgan fingerprint density at radius 2 is 2.25 bits per heavy atom. The van der Waals surface area contributed by atoms with E-state index in [9.17, 15) is 9.18 Å². The van der Waals surface area contributed by atoms with Gasteiger partial charge in [-0.2, -0.15) is 5.10 Å². The number of rotatable bonds is 2. The maximum Gasteiger partial charge on any atom is 0.335 e. The number of anilines is 1. The minimum atomic E-state index is -1.24. The molecule has 0 fully saturated rings. The number of aromatic nitrogens is 3. The van der Waals surface area contributed by atoms with E-state index in [-0.39, 0.29) is 16.9 Å². The molecule has 1 heterocycles. The van der Waals surface area contributed by atoms with Gasteiger partial charge in [0.1, 0.15) is 18.3 Å². The molecule has 0 amide bonds. The highest BCUT2D eigenvalue weighted by atomic mass is 19.1. The molecule has 3 N–H and O–H groups in total. The first-order valence-corrected chi connectivity index (χ1v) is 4.27. The first kappa shape index (κ1) is 10.1. The van der Waals surface area contributed by atoms with E-state index in [2.05, 4.69) is 10.1 Å². The van der Waals surface area contributed by atoms with Crippen LogP contribution in [0.5, 0.6) is 0 Å². The van der Waals surface area contributed by atoms with Gasteiger partial charge in [0.15, 0.2) is 5.82 Å². The fraction of sp³-hybridized carbons (Fsp3) is 0. The Labute approximate surface area is 89.1 Å². The van der Waals surface area contributed by atoms with Crippen LogP contribution in [0.15, 0.2) is 24.8 Å². The maximum atomic E-state index is 13.6. The summed E-state index contributed by atoms with van der Waals surface area (Å²) in [4.78, 5) is 14.3. The molecular formula is C9H7FN4O2. The third-order valence-corrected chi connectivity index (χ3v) is 1.99. The molecule has 6 nitrogen and oxygen atoms in total. The lowest BCUT2D eigenvalue weighted by atomic mass is 10.1. The average Bonchev–Trinajstić information content (AvgIpc) is 2.69. The van der Waals surface area contributed by atoms with Crippen molar-refractivity contribution < 1.29 is 14.3 Å². The molecule has 0 saturated carbocycles. The zero-order valence-corrected chi connectivity index (χ0v) is 7.96. The van der Waals surface area contributed by atoms with Gasteiger partial charge in [-0.1, -0.05) is 0 Å². The van der Waals surface area contributed by atoms with Crippen LogP contribution >= 0.6 is 0 Å². The van der Waals surface area contributed by atoms with Gasteiger partial charge in [0.2, 0.25) is 0 Å². The van der Waals surface area contributed by atoms with Gasteiger partial charge in [0, 0.05) is 0 Å². The standard InChI is InChI=1S/C9H7FN4O2/c10-6-1-5(9(15)16)2-7(11)8(6)14-4-12-3-13-14/h1-4H,11H2,(H,15,16). The van der Waals surface area contributed by atoms with E-state index in [0.717, 1.165) is 10.7 Å². The largest absolute Gasteiger partial charge is 0.478 e. The lowest BCUT2D eigenvalue weighted by Gasteiger charge is -2.07. The Morgan fingerprint density at radius 1 is 1.50 bits per heavy atom. The number of carboxylic acids is 1. The van der Waals surface area contributed by atoms with Gasteiger partial charge in [-0.15, -0.1) is 0 Å². The van der Waals surface area contributed by atoms with Crippen LogP contribution in [0.25, 0.3) is 5.69 Å². The molecule has 2 aromatic rings. The van der Waals surface area contributed by atoms with Crippen molar-refractivity contribution in [3.8, 4) is 5.69 Å². The number of nitrogen functional groups attached to an aromatic ring is 1. The van der Waals surface area contributed by atoms with Crippen molar-refractivity contribution in [3.63, 3.8) is 0 Å². The Balaban J connectivity index is 2.61. The molecule has 0 spiro atoms. The van der Waals surface area contributed by atoms with Crippen molar-refractivity contribution >= 4 is 11.7 Å². The molecule has 0 saturated heterocycles. The number of halogens is 1. The second-order valence-electron chi connectivity index (χ2n) is 3.04. The molecule has 1 aromatic heterocycles. The summed E-state index contributed by atoms with van der Waals surface area (Å²) in [6, 6.07) is 2.05. The summed E-state index contributed by atoms with van der Waals surface area (Å²) in [7, 11) is 0. The molecule has 2 rings (SSSR count). The molecule has 0 aliphatic carbocycles. The highest BCUT2D eigenvalue weighted by Gasteiger charge is 2.14. The van der Waals surface area contributed by atoms with E-state index in [1.165, 1.54) is 18.7 Å². The van der Waals surface area contributed by atoms with Crippen LogP contribution in [0.1, 0.15) is 10.4 Å². The summed E-state index contributed by atoms with van der Waals surface area (Å²) in [6.45, 7) is 0. The third kappa shape index (κ3) is 1.58. The Hall–Kier alpha value is -2.44. The van der Waals surface area contributed by atoms with Gasteiger partial charge in [0.05, 0.1) is 11.3 Å². The van der Waals surface area contributed by atoms with E-state index < -0.39 is 11.8 Å². The molecule has 0 aliphatic heterocycles. The van der Waals surface area contributed by atoms with Crippen LogP contribution < -0.4 is 5.73 Å². The fourth-order valence-corrected chi connectivity index (χ4v) is 1.31. The second-order valence-corrected chi connectivity index (χ2v) is 3.04. The highest BCUT2D eigenvalue weighted by Crippen LogP contribution is 2.22. The molecular weight excluding hydrogens is 215 g/mol. The third-order valence-electron chi connectivity index (χ3n) is 1.99. The first-order valence-electron chi connectivity index (χ1n) is 4.27. The van der Waals surface area contributed by atoms with Crippen LogP contribution in [-0.4, -0.2) is 25.8 Å². The summed E-state index contributed by atoms with van der Waals surface area (Å²) >= 11 is 0. The second kappa shape index (κ2) is 3.61. The molecule has 0 bridgehead atoms. The van der Waals surface area contributed by atoms with Crippen molar-refractivity contribution in [3.05, 3.63) is 36.2 Å². The first-order chi connectivity index (χ1) is 7.59. The fourth-order valence-electron chi connectivity index (χ4n) is 1.31. The van der Waals surface area contributed by atoms with Gasteiger partial charge >= 0.3 is 5.97 Å². The number of carbonyl (C=O) groups is 1. The smallest absolute Gasteiger partial charge is 0.335 e. The molecule has 0 aliphatic rings. The Morgan fingerprint density at radius 3 is 2.75 bits per heavy atom. The van der Waals surface area contributed by atoms with Crippen LogP contribution in [0.2, 0.25) is 0 Å². The monoisotopic (exact) mass is 222 g/mol. The number of nitrogens with two attached hydrogens (primary N) is 1. The molecule has 0 unspecified atom stereocenters. The van der Waals surface area contributed by atoms with Crippen LogP contribution in [-0.2, 0) is 0 Å². The summed E-state index contributed by atoms with van der Waals surface area (Å²) in [5.41, 5.74) is 5.33. The number of nitrogens with zero attached hydrogens (tertiary/aromatic N) is 3. The summed E-state index contributed by atoms with van der Waals surface area (Å²) < 4.78 is 14.7. The summed E-state index contributed by atoms with van der Waals surface area (Å²) in [5, 5.41) is 12.4. The van der Waals surface area contributed by atoms with Gasteiger partial charge in [0.25, 0.3) is 0 Å². The number of carboxylic acid groups (broad SMARTS) is 1. The number of hydrogen-bond acceptors (Lipinski definition) is 4. The number of aromatic carboxylic acids is 1. The molecule has 0 radical (unpaired) electrons. The summed E-state index contributed by atoms with van der Waals surface area (Å²) in [5.74, 6) is -2.00. The van der Waals surface area contributed by atoms with E-state index in [1.807, 2.05) is 0 Å². The van der Waals surface area contributed by atoms with E-state index >= 15 is 0 Å². The lowest BCUT2D eigenvalue weighted by molar-refractivity contribution is 0.0696. The number of benzene rings is 1. The van der Waals surface area contributed by atoms with Gasteiger partial charge in [-0.05, 0) is 12.1 Å². The minimum absolute atomic E-state index is 0.0112. The molecule has 82 valence electrons. The summed E-state index contributed by atoms with van der Waals surface area (Å²) in [6.07, 6.45) is 2.50. The van der Waals surface area contributed by atoms with Crippen LogP contribution in [0, 0.1) is 5.82 Å². The van der Waals surface area contributed by atoms with Crippen molar-refractivity contribution in [2.24, 2.45) is 0 Å². The topological polar surface area (TPSA) is 94.0 Å². The van der Waals surface area contributed by atoms with Gasteiger partial charge in [-0.25, -0.2) is 18.9 Å². The molecule has 16 heavy (non-hydrogen) atoms. The van der Waals surface area contributed by atoms with Crippen LogP contribution in [0.3, 0.4) is 0 Å². The molecule has 1 aromatic carbocycles. The predicted molar refractivity (Wildman–Crippen MR) is 52.7 cm³/mol.